The van der Waals surface area contributed by atoms with Gasteiger partial charge in [0.25, 0.3) is 10.3 Å². The van der Waals surface area contributed by atoms with Crippen molar-refractivity contribution in [2.75, 3.05) is 57.0 Å². The summed E-state index contributed by atoms with van der Waals surface area (Å²) >= 11 is 11.3. The smallest absolute Gasteiger partial charge is 0.264 e. The van der Waals surface area contributed by atoms with Gasteiger partial charge in [-0.1, -0.05) is 32.9 Å². The minimum atomic E-state index is -0.876. The van der Waals surface area contributed by atoms with E-state index in [1.165, 1.54) is 18.9 Å². The number of fused-ring (bicyclic) bond motifs is 3. The number of carbonyl (C=O) groups excluding carboxylic acids is 5. The molecule has 5 N–H and O–H groups in total. The van der Waals surface area contributed by atoms with Gasteiger partial charge in [-0.05, 0) is 103 Å². The number of likely N-dealkylation sites (N-methyl/N-ethyl adjacent to an activating group) is 2. The fraction of sp³-hybridized carbons (Fsp3) is 0.512. The van der Waals surface area contributed by atoms with Gasteiger partial charge >= 0.3 is 0 Å². The normalized spacial score (nSPS) is 22.0. The summed E-state index contributed by atoms with van der Waals surface area (Å²) in [7, 11) is 3.71. The maximum absolute atomic E-state index is 14.0. The zero-order valence-electron chi connectivity index (χ0n) is 35.2. The number of aromatic nitrogens is 1. The van der Waals surface area contributed by atoms with Crippen LogP contribution in [0.5, 0.6) is 5.75 Å². The van der Waals surface area contributed by atoms with E-state index in [0.717, 1.165) is 47.0 Å². The van der Waals surface area contributed by atoms with Gasteiger partial charge in [0, 0.05) is 64.0 Å². The van der Waals surface area contributed by atoms with Crippen LogP contribution in [0.4, 0.5) is 11.4 Å². The molecule has 1 aliphatic heterocycles. The molecule has 0 bridgehead atoms. The van der Waals surface area contributed by atoms with Crippen LogP contribution in [-0.4, -0.2) is 108 Å². The number of aryl methyl sites for hydroxylation is 1. The summed E-state index contributed by atoms with van der Waals surface area (Å²) in [5, 5.41) is 12.0. The van der Waals surface area contributed by atoms with E-state index in [0.29, 0.717) is 46.8 Å². The van der Waals surface area contributed by atoms with Gasteiger partial charge in [0.2, 0.25) is 29.5 Å². The quantitative estimate of drug-likeness (QED) is 0.140. The molecule has 0 radical (unpaired) electrons. The van der Waals surface area contributed by atoms with E-state index in [2.05, 4.69) is 40.1 Å². The van der Waals surface area contributed by atoms with E-state index in [9.17, 15) is 24.0 Å². The number of anilines is 2. The Hall–Kier alpha value is -5.29. The van der Waals surface area contributed by atoms with Crippen molar-refractivity contribution in [2.45, 2.75) is 73.0 Å². The van der Waals surface area contributed by atoms with Gasteiger partial charge < -0.3 is 50.4 Å². The molecule has 4 atom stereocenters. The Morgan fingerprint density at radius 2 is 1.63 bits per heavy atom. The largest absolute Gasteiger partial charge is 0.466 e. The van der Waals surface area contributed by atoms with Crippen molar-refractivity contribution in [1.82, 2.24) is 30.7 Å². The molecule has 4 unspecified atom stereocenters. The fourth-order valence-electron chi connectivity index (χ4n) is 9.44. The first-order chi connectivity index (χ1) is 28.4. The van der Waals surface area contributed by atoms with Crippen molar-refractivity contribution in [3.8, 4) is 5.75 Å². The number of amides is 5. The van der Waals surface area contributed by atoms with Crippen LogP contribution in [-0.2, 0) is 41.7 Å². The van der Waals surface area contributed by atoms with Gasteiger partial charge in [-0.2, -0.15) is 0 Å². The summed E-state index contributed by atoms with van der Waals surface area (Å²) < 4.78 is 12.3. The Balaban J connectivity index is 0.848. The topological polar surface area (TPSA) is 177 Å². The second-order valence-corrected chi connectivity index (χ2v) is 18.2. The third-order valence-corrected chi connectivity index (χ3v) is 13.7. The molecule has 3 saturated carbocycles. The maximum Gasteiger partial charge on any atom is 0.264 e. The summed E-state index contributed by atoms with van der Waals surface area (Å²) in [6.07, 6.45) is 6.02. The standard InChI is InChI=1S/C43H54N8O7S2/c1-24(2)35(48-33(54)18-44-26(4)52)37(55)46-19-32(53)47-28-10-8-27(9-11-28)20-57-39(59)49(6)14-15-50(7)40(60)58-31-16-30-29(34-25(3)17-45-36(31)34)12-13-51(30)38(56)42-21-41(5)22-43(41,42)23-42/h8-11,16-17,24,35,45H,12-15,18-23H2,1-7H3,(H,44,52)(H,46,55)(H,47,53)(H,48,54). The third kappa shape index (κ3) is 8.00. The number of carbonyl (C=O) groups is 5. The number of nitrogens with one attached hydrogen (secondary N) is 5. The van der Waals surface area contributed by atoms with Crippen molar-refractivity contribution in [3.63, 3.8) is 0 Å². The highest BCUT2D eigenvalue weighted by Crippen LogP contribution is 3.00. The Labute approximate surface area is 360 Å². The average Bonchev–Trinajstić information content (AvgIpc) is 3.63. The molecule has 60 heavy (non-hydrogen) atoms. The van der Waals surface area contributed by atoms with E-state index < -0.39 is 23.8 Å². The van der Waals surface area contributed by atoms with Gasteiger partial charge in [-0.3, -0.25) is 24.0 Å². The van der Waals surface area contributed by atoms with E-state index in [-0.39, 0.29) is 48.3 Å². The van der Waals surface area contributed by atoms with Crippen molar-refractivity contribution in [2.24, 2.45) is 22.2 Å². The highest BCUT2D eigenvalue weighted by atomic mass is 32.1. The molecule has 3 aliphatic carbocycles. The highest BCUT2D eigenvalue weighted by Gasteiger charge is 2.97. The van der Waals surface area contributed by atoms with E-state index in [4.69, 9.17) is 33.9 Å². The number of hydrogen-bond donors (Lipinski definition) is 5. The van der Waals surface area contributed by atoms with Crippen LogP contribution >= 0.6 is 24.4 Å². The lowest BCUT2D eigenvalue weighted by Gasteiger charge is -2.34. The lowest BCUT2D eigenvalue weighted by molar-refractivity contribution is -0.131. The Bertz CT molecular complexity index is 2280. The number of benzene rings is 2. The Morgan fingerprint density at radius 3 is 2.25 bits per heavy atom. The van der Waals surface area contributed by atoms with E-state index >= 15 is 0 Å². The summed E-state index contributed by atoms with van der Waals surface area (Å²) in [6, 6.07) is 8.15. The minimum absolute atomic E-state index is 0.161. The zero-order valence-corrected chi connectivity index (χ0v) is 36.8. The molecule has 17 heteroatoms. The van der Waals surface area contributed by atoms with Gasteiger partial charge in [0.15, 0.2) is 5.75 Å². The van der Waals surface area contributed by atoms with Crippen LogP contribution in [0.3, 0.4) is 0 Å². The molecule has 4 aliphatic rings. The number of ether oxygens (including phenoxy) is 2. The predicted molar refractivity (Wildman–Crippen MR) is 235 cm³/mol. The first-order valence-electron chi connectivity index (χ1n) is 20.4. The first-order valence-corrected chi connectivity index (χ1v) is 21.2. The zero-order chi connectivity index (χ0) is 43.3. The van der Waals surface area contributed by atoms with Crippen molar-refractivity contribution in [3.05, 3.63) is 53.2 Å². The van der Waals surface area contributed by atoms with Crippen LogP contribution in [0.15, 0.2) is 36.5 Å². The summed E-state index contributed by atoms with van der Waals surface area (Å²) in [5.74, 6) is -1.20. The number of aromatic amines is 1. The predicted octanol–water partition coefficient (Wildman–Crippen LogP) is 3.92. The van der Waals surface area contributed by atoms with Crippen LogP contribution < -0.4 is 30.9 Å². The number of rotatable bonds is 15. The summed E-state index contributed by atoms with van der Waals surface area (Å²) in [6.45, 7) is 10.6. The molecule has 7 rings (SSSR count). The van der Waals surface area contributed by atoms with Crippen molar-refractivity contribution >= 4 is 86.6 Å². The third-order valence-electron chi connectivity index (χ3n) is 12.9. The van der Waals surface area contributed by atoms with Gasteiger partial charge in [0.05, 0.1) is 29.7 Å². The molecular weight excluding hydrogens is 805 g/mol. The Kier molecular flexibility index (Phi) is 11.6. The van der Waals surface area contributed by atoms with Crippen LogP contribution in [0.1, 0.15) is 63.6 Å². The van der Waals surface area contributed by atoms with Crippen LogP contribution in [0.2, 0.25) is 0 Å². The van der Waals surface area contributed by atoms with E-state index in [1.807, 2.05) is 41.1 Å². The number of H-pyrrole nitrogens is 1. The molecule has 3 fully saturated rings. The van der Waals surface area contributed by atoms with Gasteiger partial charge in [-0.25, -0.2) is 0 Å². The molecule has 0 saturated heterocycles. The maximum atomic E-state index is 14.0. The lowest BCUT2D eigenvalue weighted by Crippen LogP contribution is -2.52. The molecule has 5 amide bonds. The van der Waals surface area contributed by atoms with Gasteiger partial charge in [-0.15, -0.1) is 0 Å². The molecule has 320 valence electrons. The molecule has 3 aromatic rings. The summed E-state index contributed by atoms with van der Waals surface area (Å²) in [4.78, 5) is 71.5. The Morgan fingerprint density at radius 1 is 0.950 bits per heavy atom. The molecule has 15 nitrogen and oxygen atoms in total. The first kappa shape index (κ1) is 42.8. The summed E-state index contributed by atoms with van der Waals surface area (Å²) in [5.41, 5.74) is 5.94. The molecule has 2 heterocycles. The molecule has 2 aromatic carbocycles. The van der Waals surface area contributed by atoms with Crippen LogP contribution in [0.25, 0.3) is 10.9 Å². The molecular formula is C43H54N8O7S2. The molecule has 1 spiro atoms. The van der Waals surface area contributed by atoms with E-state index in [1.54, 1.807) is 38.1 Å². The second kappa shape index (κ2) is 16.3. The monoisotopic (exact) mass is 858 g/mol. The average molecular weight is 859 g/mol. The minimum Gasteiger partial charge on any atom is -0.466 e. The number of thiocarbonyl (C=S) groups is 2. The van der Waals surface area contributed by atoms with Gasteiger partial charge in [0.1, 0.15) is 12.6 Å². The highest BCUT2D eigenvalue weighted by molar-refractivity contribution is 7.80. The fourth-order valence-corrected chi connectivity index (χ4v) is 9.77. The SMILES string of the molecule is CC(=O)NCC(=O)NC(C(=O)NCC(=O)Nc1ccc(COC(=S)N(C)CCN(C)C(=S)Oc2cc3c(c4c(C)c[nH]c24)CCN3C(=O)C23CC4(C)CC42C3)cc1)C(C)C. The lowest BCUT2D eigenvalue weighted by atomic mass is 9.75. The van der Waals surface area contributed by atoms with Crippen molar-refractivity contribution in [1.29, 1.82) is 0 Å². The number of nitrogens with zero attached hydrogens (tertiary/aromatic N) is 3. The van der Waals surface area contributed by atoms with Crippen molar-refractivity contribution < 1.29 is 33.4 Å². The second-order valence-electron chi connectivity index (χ2n) is 17.5. The molecule has 1 aromatic heterocycles. The van der Waals surface area contributed by atoms with Crippen LogP contribution in [0, 0.1) is 29.1 Å². The number of hydrogen-bond acceptors (Lipinski definition) is 9.